The van der Waals surface area contributed by atoms with E-state index >= 15 is 0 Å². The predicted octanol–water partition coefficient (Wildman–Crippen LogP) is 1.53. The molecule has 0 spiro atoms. The van der Waals surface area contributed by atoms with Crippen LogP contribution in [0.4, 0.5) is 11.5 Å². The molecule has 0 aliphatic carbocycles. The Hall–Kier alpha value is -1.52. The van der Waals surface area contributed by atoms with Gasteiger partial charge in [0.05, 0.1) is 7.11 Å². The molecule has 0 aromatic carbocycles. The van der Waals surface area contributed by atoms with E-state index in [0.717, 1.165) is 6.54 Å². The first kappa shape index (κ1) is 11.6. The maximum absolute atomic E-state index is 5.81. The highest BCUT2D eigenvalue weighted by Crippen LogP contribution is 2.25. The van der Waals surface area contributed by atoms with Gasteiger partial charge < -0.3 is 15.8 Å². The van der Waals surface area contributed by atoms with E-state index in [0.29, 0.717) is 17.4 Å². The molecule has 0 radical (unpaired) electrons. The maximum Gasteiger partial charge on any atom is 0.242 e. The van der Waals surface area contributed by atoms with Gasteiger partial charge in [0, 0.05) is 6.54 Å². The second-order valence-electron chi connectivity index (χ2n) is 4.56. The summed E-state index contributed by atoms with van der Waals surface area (Å²) in [5.41, 5.74) is 6.43. The van der Waals surface area contributed by atoms with E-state index in [1.807, 2.05) is 0 Å². The third-order valence-electron chi connectivity index (χ3n) is 1.83. The summed E-state index contributed by atoms with van der Waals surface area (Å²) >= 11 is 0. The first-order valence-electron chi connectivity index (χ1n) is 4.82. The standard InChI is InChI=1S/C10H18N4O/c1-10(2,3)5-12-8-7(11)9(15-4)14-6-13-8/h6H,5,11H2,1-4H3,(H,12,13,14). The maximum atomic E-state index is 5.81. The van der Waals surface area contributed by atoms with Crippen LogP contribution in [0.2, 0.25) is 0 Å². The Balaban J connectivity index is 2.78. The lowest BCUT2D eigenvalue weighted by molar-refractivity contribution is 0.399. The van der Waals surface area contributed by atoms with E-state index in [-0.39, 0.29) is 5.41 Å². The molecular formula is C10H18N4O. The van der Waals surface area contributed by atoms with Gasteiger partial charge in [0.25, 0.3) is 0 Å². The third-order valence-corrected chi connectivity index (χ3v) is 1.83. The summed E-state index contributed by atoms with van der Waals surface area (Å²) in [5, 5.41) is 3.17. The van der Waals surface area contributed by atoms with Crippen molar-refractivity contribution in [3.05, 3.63) is 6.33 Å². The molecule has 0 unspecified atom stereocenters. The molecule has 0 fully saturated rings. The van der Waals surface area contributed by atoms with Crippen molar-refractivity contribution < 1.29 is 4.74 Å². The number of hydrogen-bond donors (Lipinski definition) is 2. The molecule has 0 saturated heterocycles. The number of nitrogen functional groups attached to an aromatic ring is 1. The number of rotatable bonds is 3. The van der Waals surface area contributed by atoms with Crippen LogP contribution in [0.25, 0.3) is 0 Å². The number of anilines is 2. The lowest BCUT2D eigenvalue weighted by atomic mass is 9.97. The van der Waals surface area contributed by atoms with E-state index in [4.69, 9.17) is 10.5 Å². The van der Waals surface area contributed by atoms with Gasteiger partial charge >= 0.3 is 0 Å². The van der Waals surface area contributed by atoms with Crippen molar-refractivity contribution in [2.45, 2.75) is 20.8 Å². The summed E-state index contributed by atoms with van der Waals surface area (Å²) in [6, 6.07) is 0. The van der Waals surface area contributed by atoms with Gasteiger partial charge in [-0.3, -0.25) is 0 Å². The van der Waals surface area contributed by atoms with Gasteiger partial charge in [-0.1, -0.05) is 20.8 Å². The Morgan fingerprint density at radius 3 is 2.60 bits per heavy atom. The highest BCUT2D eigenvalue weighted by molar-refractivity contribution is 5.66. The van der Waals surface area contributed by atoms with Gasteiger partial charge in [-0.15, -0.1) is 0 Å². The van der Waals surface area contributed by atoms with E-state index in [9.17, 15) is 0 Å². The average Bonchev–Trinajstić information content (AvgIpc) is 2.15. The quantitative estimate of drug-likeness (QED) is 0.791. The van der Waals surface area contributed by atoms with Crippen LogP contribution in [0.1, 0.15) is 20.8 Å². The van der Waals surface area contributed by atoms with Crippen molar-refractivity contribution in [1.29, 1.82) is 0 Å². The first-order chi connectivity index (χ1) is 6.94. The molecule has 1 heterocycles. The minimum atomic E-state index is 0.171. The second kappa shape index (κ2) is 4.33. The largest absolute Gasteiger partial charge is 0.479 e. The van der Waals surface area contributed by atoms with Crippen molar-refractivity contribution in [2.75, 3.05) is 24.7 Å². The van der Waals surface area contributed by atoms with Crippen LogP contribution in [0.3, 0.4) is 0 Å². The molecule has 3 N–H and O–H groups in total. The third kappa shape index (κ3) is 3.27. The number of nitrogens with zero attached hydrogens (tertiary/aromatic N) is 2. The normalized spacial score (nSPS) is 11.2. The van der Waals surface area contributed by atoms with Crippen LogP contribution in [-0.2, 0) is 0 Å². The Morgan fingerprint density at radius 1 is 1.40 bits per heavy atom. The topological polar surface area (TPSA) is 73.1 Å². The molecule has 1 aromatic rings. The SMILES string of the molecule is COc1ncnc(NCC(C)(C)C)c1N. The molecule has 1 aromatic heterocycles. The van der Waals surface area contributed by atoms with Gasteiger partial charge in [0.15, 0.2) is 5.82 Å². The summed E-state index contributed by atoms with van der Waals surface area (Å²) in [7, 11) is 1.53. The van der Waals surface area contributed by atoms with E-state index in [2.05, 4.69) is 36.1 Å². The van der Waals surface area contributed by atoms with Crippen LogP contribution in [0.15, 0.2) is 6.33 Å². The summed E-state index contributed by atoms with van der Waals surface area (Å²) in [5.74, 6) is 1.03. The summed E-state index contributed by atoms with van der Waals surface area (Å²) in [4.78, 5) is 7.97. The van der Waals surface area contributed by atoms with Crippen molar-refractivity contribution in [3.63, 3.8) is 0 Å². The zero-order valence-corrected chi connectivity index (χ0v) is 9.66. The Bertz CT molecular complexity index is 333. The zero-order valence-electron chi connectivity index (χ0n) is 9.66. The lowest BCUT2D eigenvalue weighted by Gasteiger charge is -2.19. The lowest BCUT2D eigenvalue weighted by Crippen LogP contribution is -2.20. The molecule has 0 bridgehead atoms. The molecule has 0 amide bonds. The monoisotopic (exact) mass is 210 g/mol. The van der Waals surface area contributed by atoms with Crippen LogP contribution in [0, 0.1) is 5.41 Å². The number of hydrogen-bond acceptors (Lipinski definition) is 5. The van der Waals surface area contributed by atoms with Crippen molar-refractivity contribution in [2.24, 2.45) is 5.41 Å². The van der Waals surface area contributed by atoms with Gasteiger partial charge in [0.1, 0.15) is 12.0 Å². The summed E-state index contributed by atoms with van der Waals surface area (Å²) < 4.78 is 5.00. The fourth-order valence-electron chi connectivity index (χ4n) is 1.03. The van der Waals surface area contributed by atoms with Crippen molar-refractivity contribution >= 4 is 11.5 Å². The number of methoxy groups -OCH3 is 1. The van der Waals surface area contributed by atoms with Crippen LogP contribution >= 0.6 is 0 Å². The molecule has 0 aliphatic rings. The smallest absolute Gasteiger partial charge is 0.242 e. The van der Waals surface area contributed by atoms with Crippen molar-refractivity contribution in [1.82, 2.24) is 9.97 Å². The highest BCUT2D eigenvalue weighted by atomic mass is 16.5. The molecule has 0 atom stereocenters. The molecule has 0 saturated carbocycles. The van der Waals surface area contributed by atoms with E-state index in [1.54, 1.807) is 0 Å². The van der Waals surface area contributed by atoms with Gasteiger partial charge in [-0.25, -0.2) is 4.98 Å². The highest BCUT2D eigenvalue weighted by Gasteiger charge is 2.13. The molecular weight excluding hydrogens is 192 g/mol. The zero-order chi connectivity index (χ0) is 11.5. The number of nitrogens with one attached hydrogen (secondary N) is 1. The van der Waals surface area contributed by atoms with Gasteiger partial charge in [-0.05, 0) is 5.41 Å². The minimum Gasteiger partial charge on any atom is -0.479 e. The Labute approximate surface area is 90.1 Å². The van der Waals surface area contributed by atoms with Crippen LogP contribution in [0.5, 0.6) is 5.88 Å². The fourth-order valence-corrected chi connectivity index (χ4v) is 1.03. The summed E-state index contributed by atoms with van der Waals surface area (Å²) in [6.45, 7) is 7.19. The number of ether oxygens (including phenoxy) is 1. The fraction of sp³-hybridized carbons (Fsp3) is 0.600. The van der Waals surface area contributed by atoms with Gasteiger partial charge in [0.2, 0.25) is 5.88 Å². The minimum absolute atomic E-state index is 0.171. The van der Waals surface area contributed by atoms with Crippen LogP contribution < -0.4 is 15.8 Å². The van der Waals surface area contributed by atoms with Crippen LogP contribution in [-0.4, -0.2) is 23.6 Å². The summed E-state index contributed by atoms with van der Waals surface area (Å²) in [6.07, 6.45) is 1.43. The van der Waals surface area contributed by atoms with Gasteiger partial charge in [-0.2, -0.15) is 4.98 Å². The molecule has 5 nitrogen and oxygen atoms in total. The second-order valence-corrected chi connectivity index (χ2v) is 4.56. The van der Waals surface area contributed by atoms with Crippen molar-refractivity contribution in [3.8, 4) is 5.88 Å². The first-order valence-corrected chi connectivity index (χ1v) is 4.82. The average molecular weight is 210 g/mol. The van der Waals surface area contributed by atoms with E-state index < -0.39 is 0 Å². The molecule has 1 rings (SSSR count). The predicted molar refractivity (Wildman–Crippen MR) is 60.9 cm³/mol. The molecule has 84 valence electrons. The molecule has 5 heteroatoms. The molecule has 15 heavy (non-hydrogen) atoms. The van der Waals surface area contributed by atoms with E-state index in [1.165, 1.54) is 13.4 Å². The number of nitrogens with two attached hydrogens (primary N) is 1. The Kier molecular flexibility index (Phi) is 3.34. The number of aromatic nitrogens is 2. The molecule has 0 aliphatic heterocycles. The Morgan fingerprint density at radius 2 is 2.07 bits per heavy atom.